The van der Waals surface area contributed by atoms with E-state index in [1.807, 2.05) is 6.92 Å². The highest BCUT2D eigenvalue weighted by atomic mass is 19.1. The number of carbonyl (C=O) groups is 1. The van der Waals surface area contributed by atoms with Gasteiger partial charge in [-0.2, -0.15) is 0 Å². The Morgan fingerprint density at radius 3 is 2.00 bits per heavy atom. The van der Waals surface area contributed by atoms with Crippen LogP contribution in [0.1, 0.15) is 53.9 Å². The maximum atomic E-state index is 14.9. The molecule has 0 amide bonds. The largest absolute Gasteiger partial charge is 0.489 e. The van der Waals surface area contributed by atoms with Gasteiger partial charge < -0.3 is 9.47 Å². The van der Waals surface area contributed by atoms with Crippen LogP contribution in [-0.2, 0) is 14.3 Å². The molecule has 0 fully saturated rings. The number of halogens is 1. The first-order valence-electron chi connectivity index (χ1n) is 12.0. The van der Waals surface area contributed by atoms with Crippen molar-refractivity contribution in [1.82, 2.24) is 0 Å². The second-order valence-corrected chi connectivity index (χ2v) is 8.99. The van der Waals surface area contributed by atoms with Crippen molar-refractivity contribution in [3.05, 3.63) is 109 Å². The summed E-state index contributed by atoms with van der Waals surface area (Å²) in [5.41, 5.74) is 3.07. The van der Waals surface area contributed by atoms with Gasteiger partial charge in [-0.15, -0.1) is 0 Å². The van der Waals surface area contributed by atoms with Gasteiger partial charge in [0.15, 0.2) is 0 Å². The Balaban J connectivity index is 5.64. The normalized spacial score (nSPS) is 12.9. The zero-order chi connectivity index (χ0) is 27.1. The molecular formula is C31H43FO3. The van der Waals surface area contributed by atoms with Gasteiger partial charge in [0.2, 0.25) is 0 Å². The zero-order valence-corrected chi connectivity index (χ0v) is 22.3. The van der Waals surface area contributed by atoms with Crippen LogP contribution in [0.3, 0.4) is 0 Å². The van der Waals surface area contributed by atoms with Crippen LogP contribution in [0.25, 0.3) is 0 Å². The van der Waals surface area contributed by atoms with Crippen molar-refractivity contribution in [1.29, 1.82) is 0 Å². The predicted octanol–water partition coefficient (Wildman–Crippen LogP) is 8.68. The molecule has 0 aromatic carbocycles. The summed E-state index contributed by atoms with van der Waals surface area (Å²) in [7, 11) is 0. The molecule has 1 unspecified atom stereocenters. The molecule has 0 saturated carbocycles. The molecule has 0 rings (SSSR count). The Labute approximate surface area is 212 Å². The summed E-state index contributed by atoms with van der Waals surface area (Å²) >= 11 is 0. The van der Waals surface area contributed by atoms with Crippen LogP contribution in [0.5, 0.6) is 0 Å². The number of ether oxygens (including phenoxy) is 2. The van der Waals surface area contributed by atoms with Crippen LogP contribution in [0.2, 0.25) is 0 Å². The molecule has 0 aliphatic rings. The molecule has 0 aromatic rings. The Hall–Kier alpha value is -3.14. The predicted molar refractivity (Wildman–Crippen MR) is 147 cm³/mol. The maximum absolute atomic E-state index is 14.9. The third-order valence-electron chi connectivity index (χ3n) is 5.41. The van der Waals surface area contributed by atoms with Gasteiger partial charge in [-0.1, -0.05) is 91.3 Å². The van der Waals surface area contributed by atoms with Crippen LogP contribution in [0, 0.1) is 11.8 Å². The average Bonchev–Trinajstić information content (AvgIpc) is 2.80. The van der Waals surface area contributed by atoms with E-state index in [2.05, 4.69) is 60.2 Å². The fourth-order valence-corrected chi connectivity index (χ4v) is 2.71. The van der Waals surface area contributed by atoms with Gasteiger partial charge >= 0.3 is 5.97 Å². The molecule has 3 nitrogen and oxygen atoms in total. The highest BCUT2D eigenvalue weighted by molar-refractivity contribution is 5.65. The molecule has 192 valence electrons. The number of rotatable bonds is 17. The third kappa shape index (κ3) is 13.4. The lowest BCUT2D eigenvalue weighted by Gasteiger charge is -2.18. The van der Waals surface area contributed by atoms with E-state index in [4.69, 9.17) is 9.47 Å². The zero-order valence-electron chi connectivity index (χ0n) is 22.3. The average molecular weight is 483 g/mol. The minimum absolute atomic E-state index is 0.0814. The van der Waals surface area contributed by atoms with Crippen molar-refractivity contribution in [3.63, 3.8) is 0 Å². The van der Waals surface area contributed by atoms with E-state index in [0.717, 1.165) is 30.4 Å². The second-order valence-electron chi connectivity index (χ2n) is 8.99. The Kier molecular flexibility index (Phi) is 15.0. The molecule has 0 aliphatic heterocycles. The first-order chi connectivity index (χ1) is 16.3. The van der Waals surface area contributed by atoms with Crippen molar-refractivity contribution in [2.45, 2.75) is 53.9 Å². The van der Waals surface area contributed by atoms with Crippen LogP contribution in [0.15, 0.2) is 109 Å². The number of carbonyl (C=O) groups excluding carboxylic acids is 1. The van der Waals surface area contributed by atoms with Gasteiger partial charge in [0.25, 0.3) is 0 Å². The van der Waals surface area contributed by atoms with Crippen molar-refractivity contribution >= 4 is 5.97 Å². The van der Waals surface area contributed by atoms with Gasteiger partial charge in [0, 0.05) is 18.1 Å². The van der Waals surface area contributed by atoms with E-state index < -0.39 is 11.8 Å². The summed E-state index contributed by atoms with van der Waals surface area (Å²) < 4.78 is 25.7. The highest BCUT2D eigenvalue weighted by Crippen LogP contribution is 2.28. The lowest BCUT2D eigenvalue weighted by molar-refractivity contribution is -0.142. The molecule has 0 aromatic heterocycles. The first-order valence-corrected chi connectivity index (χ1v) is 12.0. The highest BCUT2D eigenvalue weighted by Gasteiger charge is 2.14. The monoisotopic (exact) mass is 482 g/mol. The maximum Gasteiger partial charge on any atom is 0.302 e. The number of allylic oxidation sites excluding steroid dienone is 10. The van der Waals surface area contributed by atoms with E-state index >= 15 is 0 Å². The van der Waals surface area contributed by atoms with Crippen molar-refractivity contribution in [3.8, 4) is 0 Å². The quantitative estimate of drug-likeness (QED) is 0.0900. The van der Waals surface area contributed by atoms with Gasteiger partial charge in [-0.3, -0.25) is 4.79 Å². The summed E-state index contributed by atoms with van der Waals surface area (Å²) in [4.78, 5) is 11.1. The molecule has 0 spiro atoms. The minimum Gasteiger partial charge on any atom is -0.489 e. The fourth-order valence-electron chi connectivity index (χ4n) is 2.71. The first kappa shape index (κ1) is 31.9. The summed E-state index contributed by atoms with van der Waals surface area (Å²) in [6.45, 7) is 33.7. The fraction of sp³-hybridized carbons (Fsp3) is 0.387. The van der Waals surface area contributed by atoms with Gasteiger partial charge in [0.05, 0.1) is 0 Å². The third-order valence-corrected chi connectivity index (χ3v) is 5.41. The smallest absolute Gasteiger partial charge is 0.302 e. The molecule has 0 saturated heterocycles. The van der Waals surface area contributed by atoms with E-state index in [1.54, 1.807) is 18.2 Å². The molecule has 0 N–H and O–H groups in total. The van der Waals surface area contributed by atoms with Gasteiger partial charge in [0.1, 0.15) is 24.8 Å². The second kappa shape index (κ2) is 16.5. The lowest BCUT2D eigenvalue weighted by atomic mass is 9.92. The molecule has 0 aliphatic carbocycles. The Morgan fingerprint density at radius 2 is 1.46 bits per heavy atom. The van der Waals surface area contributed by atoms with E-state index in [0.29, 0.717) is 28.4 Å². The van der Waals surface area contributed by atoms with Gasteiger partial charge in [-0.25, -0.2) is 4.39 Å². The SMILES string of the molecule is C=C(/C=C\C(=C)C(=C)/C(F)=C\C(=C)C(=C)/C(=C\C(=C)C(C)CCC(C)C)OCCOC(C)=O)CC. The summed E-state index contributed by atoms with van der Waals surface area (Å²) in [5.74, 6) is 0.252. The Morgan fingerprint density at radius 1 is 0.857 bits per heavy atom. The van der Waals surface area contributed by atoms with Crippen LogP contribution in [-0.4, -0.2) is 19.2 Å². The van der Waals surface area contributed by atoms with Crippen LogP contribution >= 0.6 is 0 Å². The standard InChI is InChI=1S/C31H43FO3/c1-12-22(4)14-16-24(6)27(9)30(32)19-26(8)28(10)31(35-18-17-34-29(11)33)20-25(7)23(5)15-13-21(2)3/h14,16,19-21,23H,4,6-10,12-13,15,17-18H2,1-3,5,11H3/b16-14-,30-19+,31-20+. The van der Waals surface area contributed by atoms with E-state index in [1.165, 1.54) is 13.0 Å². The molecule has 35 heavy (non-hydrogen) atoms. The van der Waals surface area contributed by atoms with Crippen molar-refractivity contribution in [2.75, 3.05) is 13.2 Å². The van der Waals surface area contributed by atoms with Crippen LogP contribution < -0.4 is 0 Å². The summed E-state index contributed by atoms with van der Waals surface area (Å²) in [6.07, 6.45) is 9.38. The molecule has 0 radical (unpaired) electrons. The van der Waals surface area contributed by atoms with E-state index in [9.17, 15) is 9.18 Å². The molecule has 1 atom stereocenters. The minimum atomic E-state index is -0.573. The number of esters is 1. The van der Waals surface area contributed by atoms with Crippen molar-refractivity contribution < 1.29 is 18.7 Å². The molecular weight excluding hydrogens is 439 g/mol. The Bertz CT molecular complexity index is 925. The summed E-state index contributed by atoms with van der Waals surface area (Å²) in [5, 5.41) is 0. The van der Waals surface area contributed by atoms with Crippen molar-refractivity contribution in [2.24, 2.45) is 11.8 Å². The number of hydrogen-bond acceptors (Lipinski definition) is 3. The summed E-state index contributed by atoms with van der Waals surface area (Å²) in [6, 6.07) is 0. The van der Waals surface area contributed by atoms with E-state index in [-0.39, 0.29) is 24.7 Å². The lowest BCUT2D eigenvalue weighted by Crippen LogP contribution is -2.09. The topological polar surface area (TPSA) is 35.5 Å². The van der Waals surface area contributed by atoms with Gasteiger partial charge in [-0.05, 0) is 53.5 Å². The molecule has 0 bridgehead atoms. The van der Waals surface area contributed by atoms with Crippen LogP contribution in [0.4, 0.5) is 4.39 Å². The molecule has 4 heteroatoms. The molecule has 0 heterocycles. The number of hydrogen-bond donors (Lipinski definition) is 0.